The van der Waals surface area contributed by atoms with Crippen molar-refractivity contribution in [3.63, 3.8) is 0 Å². The summed E-state index contributed by atoms with van der Waals surface area (Å²) in [6, 6.07) is 8.25. The van der Waals surface area contributed by atoms with Crippen molar-refractivity contribution in [1.29, 1.82) is 0 Å². The quantitative estimate of drug-likeness (QED) is 0.809. The average molecular weight is 242 g/mol. The molecule has 0 amide bonds. The molecule has 1 aliphatic rings. The maximum atomic E-state index is 6.06. The van der Waals surface area contributed by atoms with Gasteiger partial charge >= 0.3 is 0 Å². The van der Waals surface area contributed by atoms with Crippen molar-refractivity contribution >= 4 is 10.8 Å². The van der Waals surface area contributed by atoms with Gasteiger partial charge in [-0.2, -0.15) is 0 Å². The largest absolute Gasteiger partial charge is 0.490 e. The van der Waals surface area contributed by atoms with Crippen LogP contribution < -0.4 is 4.74 Å². The first-order chi connectivity index (χ1) is 8.81. The van der Waals surface area contributed by atoms with Crippen LogP contribution in [0.3, 0.4) is 0 Å². The van der Waals surface area contributed by atoms with Crippen LogP contribution in [-0.2, 0) is 0 Å². The van der Waals surface area contributed by atoms with E-state index in [4.69, 9.17) is 4.74 Å². The fourth-order valence-corrected chi connectivity index (χ4v) is 2.43. The number of nitrogens with zero attached hydrogens (tertiary/aromatic N) is 2. The molecule has 0 spiro atoms. The molecule has 0 atom stereocenters. The third-order valence-corrected chi connectivity index (χ3v) is 3.58. The summed E-state index contributed by atoms with van der Waals surface area (Å²) in [6.07, 6.45) is 6.30. The number of likely N-dealkylation sites (tertiary alicyclic amines) is 1. The zero-order chi connectivity index (χ0) is 12.4. The van der Waals surface area contributed by atoms with E-state index >= 15 is 0 Å². The second-order valence-corrected chi connectivity index (χ2v) is 5.01. The van der Waals surface area contributed by atoms with Crippen LogP contribution in [0.25, 0.3) is 10.8 Å². The van der Waals surface area contributed by atoms with Gasteiger partial charge < -0.3 is 9.64 Å². The van der Waals surface area contributed by atoms with Gasteiger partial charge in [-0.3, -0.25) is 4.98 Å². The minimum Gasteiger partial charge on any atom is -0.490 e. The standard InChI is InChI=1S/C15H18N2O/c1-17-8-5-14(6-9-17)18-15-3-2-13-11-16-7-4-12(13)10-15/h2-4,7,10-11,14H,5-6,8-9H2,1H3. The van der Waals surface area contributed by atoms with Gasteiger partial charge in [0, 0.05) is 30.9 Å². The van der Waals surface area contributed by atoms with Crippen LogP contribution in [0.4, 0.5) is 0 Å². The van der Waals surface area contributed by atoms with Gasteiger partial charge in [0.05, 0.1) is 0 Å². The molecule has 94 valence electrons. The number of piperidine rings is 1. The van der Waals surface area contributed by atoms with Crippen molar-refractivity contribution < 1.29 is 4.74 Å². The van der Waals surface area contributed by atoms with E-state index in [1.807, 2.05) is 24.5 Å². The summed E-state index contributed by atoms with van der Waals surface area (Å²) >= 11 is 0. The van der Waals surface area contributed by atoms with Crippen LogP contribution in [-0.4, -0.2) is 36.1 Å². The lowest BCUT2D eigenvalue weighted by Gasteiger charge is -2.29. The summed E-state index contributed by atoms with van der Waals surface area (Å²) in [6.45, 7) is 2.25. The predicted molar refractivity (Wildman–Crippen MR) is 72.9 cm³/mol. The summed E-state index contributed by atoms with van der Waals surface area (Å²) in [7, 11) is 2.17. The second-order valence-electron chi connectivity index (χ2n) is 5.01. The number of aromatic nitrogens is 1. The van der Waals surface area contributed by atoms with Crippen LogP contribution in [0.15, 0.2) is 36.7 Å². The Kier molecular flexibility index (Phi) is 3.15. The number of rotatable bonds is 2. The number of pyridine rings is 1. The van der Waals surface area contributed by atoms with E-state index in [1.54, 1.807) is 0 Å². The lowest BCUT2D eigenvalue weighted by molar-refractivity contribution is 0.114. The molecule has 3 nitrogen and oxygen atoms in total. The molecule has 2 aromatic rings. The first-order valence-electron chi connectivity index (χ1n) is 6.50. The van der Waals surface area contributed by atoms with Crippen molar-refractivity contribution in [3.8, 4) is 5.75 Å². The third-order valence-electron chi connectivity index (χ3n) is 3.58. The summed E-state index contributed by atoms with van der Waals surface area (Å²) in [5, 5.41) is 2.35. The van der Waals surface area contributed by atoms with Gasteiger partial charge in [0.25, 0.3) is 0 Å². The Morgan fingerprint density at radius 3 is 2.83 bits per heavy atom. The van der Waals surface area contributed by atoms with E-state index < -0.39 is 0 Å². The van der Waals surface area contributed by atoms with Gasteiger partial charge in [-0.15, -0.1) is 0 Å². The van der Waals surface area contributed by atoms with Crippen molar-refractivity contribution in [2.24, 2.45) is 0 Å². The predicted octanol–water partition coefficient (Wildman–Crippen LogP) is 2.71. The molecule has 0 aliphatic carbocycles. The van der Waals surface area contributed by atoms with Gasteiger partial charge in [0.1, 0.15) is 11.9 Å². The summed E-state index contributed by atoms with van der Waals surface area (Å²) in [5.41, 5.74) is 0. The van der Waals surface area contributed by atoms with E-state index in [9.17, 15) is 0 Å². The number of benzene rings is 1. The Bertz CT molecular complexity index is 533. The molecule has 1 aromatic carbocycles. The van der Waals surface area contributed by atoms with Crippen LogP contribution in [0, 0.1) is 0 Å². The maximum absolute atomic E-state index is 6.06. The summed E-state index contributed by atoms with van der Waals surface area (Å²) in [4.78, 5) is 6.47. The first kappa shape index (κ1) is 11.5. The highest BCUT2D eigenvalue weighted by Gasteiger charge is 2.17. The normalized spacial score (nSPS) is 18.1. The highest BCUT2D eigenvalue weighted by atomic mass is 16.5. The third kappa shape index (κ3) is 2.46. The Morgan fingerprint density at radius 2 is 2.00 bits per heavy atom. The molecule has 2 heterocycles. The lowest BCUT2D eigenvalue weighted by Crippen LogP contribution is -2.35. The molecule has 1 aromatic heterocycles. The fourth-order valence-electron chi connectivity index (χ4n) is 2.43. The zero-order valence-corrected chi connectivity index (χ0v) is 10.7. The average Bonchev–Trinajstić information content (AvgIpc) is 2.41. The van der Waals surface area contributed by atoms with Gasteiger partial charge in [0.15, 0.2) is 0 Å². The topological polar surface area (TPSA) is 25.4 Å². The Balaban J connectivity index is 1.74. The van der Waals surface area contributed by atoms with E-state index in [0.717, 1.165) is 37.1 Å². The molecule has 0 unspecified atom stereocenters. The molecule has 3 heteroatoms. The smallest absolute Gasteiger partial charge is 0.120 e. The lowest BCUT2D eigenvalue weighted by atomic mass is 10.1. The molecule has 1 fully saturated rings. The monoisotopic (exact) mass is 242 g/mol. The van der Waals surface area contributed by atoms with E-state index in [2.05, 4.69) is 29.1 Å². The van der Waals surface area contributed by atoms with Crippen molar-refractivity contribution in [2.75, 3.05) is 20.1 Å². The fraction of sp³-hybridized carbons (Fsp3) is 0.400. The summed E-state index contributed by atoms with van der Waals surface area (Å²) < 4.78 is 6.06. The van der Waals surface area contributed by atoms with Gasteiger partial charge in [-0.1, -0.05) is 0 Å². The molecule has 0 bridgehead atoms. The number of hydrogen-bond donors (Lipinski definition) is 0. The molecule has 1 aliphatic heterocycles. The minimum absolute atomic E-state index is 0.362. The maximum Gasteiger partial charge on any atom is 0.120 e. The highest BCUT2D eigenvalue weighted by molar-refractivity contribution is 5.82. The number of hydrogen-bond acceptors (Lipinski definition) is 3. The van der Waals surface area contributed by atoms with E-state index in [0.29, 0.717) is 6.10 Å². The summed E-state index contributed by atoms with van der Waals surface area (Å²) in [5.74, 6) is 0.975. The molecule has 0 N–H and O–H groups in total. The van der Waals surface area contributed by atoms with E-state index in [-0.39, 0.29) is 0 Å². The zero-order valence-electron chi connectivity index (χ0n) is 10.7. The Morgan fingerprint density at radius 1 is 1.17 bits per heavy atom. The van der Waals surface area contributed by atoms with Crippen molar-refractivity contribution in [2.45, 2.75) is 18.9 Å². The number of fused-ring (bicyclic) bond motifs is 1. The SMILES string of the molecule is CN1CCC(Oc2ccc3cnccc3c2)CC1. The second kappa shape index (κ2) is 4.94. The molecule has 3 rings (SSSR count). The molecule has 1 saturated heterocycles. The van der Waals surface area contributed by atoms with Gasteiger partial charge in [-0.25, -0.2) is 0 Å². The molecular weight excluding hydrogens is 224 g/mol. The van der Waals surface area contributed by atoms with Gasteiger partial charge in [0.2, 0.25) is 0 Å². The molecule has 0 radical (unpaired) electrons. The van der Waals surface area contributed by atoms with Crippen molar-refractivity contribution in [1.82, 2.24) is 9.88 Å². The van der Waals surface area contributed by atoms with Crippen LogP contribution >= 0.6 is 0 Å². The molecular formula is C15H18N2O. The first-order valence-corrected chi connectivity index (χ1v) is 6.50. The van der Waals surface area contributed by atoms with Gasteiger partial charge in [-0.05, 0) is 49.5 Å². The molecule has 18 heavy (non-hydrogen) atoms. The highest BCUT2D eigenvalue weighted by Crippen LogP contribution is 2.23. The van der Waals surface area contributed by atoms with E-state index in [1.165, 1.54) is 5.39 Å². The molecule has 0 saturated carbocycles. The van der Waals surface area contributed by atoms with Crippen molar-refractivity contribution in [3.05, 3.63) is 36.7 Å². The van der Waals surface area contributed by atoms with Crippen LogP contribution in [0.5, 0.6) is 5.75 Å². The Labute approximate surface area is 107 Å². The van der Waals surface area contributed by atoms with Crippen LogP contribution in [0.2, 0.25) is 0 Å². The van der Waals surface area contributed by atoms with Crippen LogP contribution in [0.1, 0.15) is 12.8 Å². The number of ether oxygens (including phenoxy) is 1. The Hall–Kier alpha value is -1.61. The minimum atomic E-state index is 0.362.